The summed E-state index contributed by atoms with van der Waals surface area (Å²) in [4.78, 5) is 18.7. The van der Waals surface area contributed by atoms with Gasteiger partial charge in [-0.3, -0.25) is 9.79 Å². The van der Waals surface area contributed by atoms with Crippen LogP contribution in [0.15, 0.2) is 22.5 Å². The molecule has 1 amide bonds. The molecular formula is C13H21IN4OS. The first-order valence-electron chi connectivity index (χ1n) is 6.53. The number of nitrogens with one attached hydrogen (secondary N) is 1. The molecule has 5 nitrogen and oxygen atoms in total. The van der Waals surface area contributed by atoms with Crippen LogP contribution in [0, 0.1) is 0 Å². The van der Waals surface area contributed by atoms with Gasteiger partial charge in [0.1, 0.15) is 0 Å². The van der Waals surface area contributed by atoms with E-state index in [9.17, 15) is 4.79 Å². The van der Waals surface area contributed by atoms with Crippen LogP contribution in [0.25, 0.3) is 0 Å². The Morgan fingerprint density at radius 1 is 1.60 bits per heavy atom. The lowest BCUT2D eigenvalue weighted by atomic mass is 10.4. The first-order valence-corrected chi connectivity index (χ1v) is 7.41. The Hall–Kier alpha value is -0.830. The molecule has 20 heavy (non-hydrogen) atoms. The second kappa shape index (κ2) is 8.46. The number of rotatable bonds is 6. The van der Waals surface area contributed by atoms with Gasteiger partial charge < -0.3 is 16.0 Å². The normalized spacial score (nSPS) is 14.6. The average molecular weight is 408 g/mol. The zero-order chi connectivity index (χ0) is 13.7. The van der Waals surface area contributed by atoms with E-state index in [1.807, 2.05) is 29.5 Å². The van der Waals surface area contributed by atoms with Crippen LogP contribution < -0.4 is 11.1 Å². The fraction of sp³-hybridized carbons (Fsp3) is 0.538. The number of amides is 1. The summed E-state index contributed by atoms with van der Waals surface area (Å²) in [5, 5.41) is 4.77. The van der Waals surface area contributed by atoms with E-state index in [0.29, 0.717) is 25.1 Å². The summed E-state index contributed by atoms with van der Waals surface area (Å²) in [6.07, 6.45) is 3.23. The highest BCUT2D eigenvalue weighted by Crippen LogP contribution is 2.24. The summed E-state index contributed by atoms with van der Waals surface area (Å²) in [5.74, 6) is 0.592. The minimum Gasteiger partial charge on any atom is -0.370 e. The van der Waals surface area contributed by atoms with Gasteiger partial charge in [0.05, 0.1) is 4.88 Å². The predicted octanol–water partition coefficient (Wildman–Crippen LogP) is 1.89. The first-order chi connectivity index (χ1) is 9.18. The number of nitrogens with two attached hydrogens (primary N) is 1. The number of carbonyl (C=O) groups excluding carboxylic acids is 1. The Morgan fingerprint density at radius 3 is 2.95 bits per heavy atom. The zero-order valence-electron chi connectivity index (χ0n) is 11.5. The van der Waals surface area contributed by atoms with Crippen molar-refractivity contribution in [1.82, 2.24) is 10.2 Å². The van der Waals surface area contributed by atoms with Crippen LogP contribution in [0.3, 0.4) is 0 Å². The molecule has 0 saturated heterocycles. The standard InChI is InChI=1S/C13H20N4OS.HI/c1-17(10-5-6-10)13(14)16-8-3-7-15-12(18)11-4-2-9-19-11;/h2,4,9-10H,3,5-8H2,1H3,(H2,14,16)(H,15,18);1H. The molecule has 1 aromatic rings. The van der Waals surface area contributed by atoms with E-state index < -0.39 is 0 Å². The molecule has 3 N–H and O–H groups in total. The number of halogens is 1. The quantitative estimate of drug-likeness (QED) is 0.327. The van der Waals surface area contributed by atoms with Crippen LogP contribution in [0.2, 0.25) is 0 Å². The molecule has 112 valence electrons. The van der Waals surface area contributed by atoms with Crippen molar-refractivity contribution in [3.8, 4) is 0 Å². The number of aliphatic imine (C=N–C) groups is 1. The van der Waals surface area contributed by atoms with Crippen molar-refractivity contribution in [3.63, 3.8) is 0 Å². The molecule has 1 aliphatic rings. The lowest BCUT2D eigenvalue weighted by Crippen LogP contribution is -2.36. The average Bonchev–Trinajstić information content (AvgIpc) is 3.11. The minimum atomic E-state index is -0.0120. The third-order valence-corrected chi connectivity index (χ3v) is 3.96. The van der Waals surface area contributed by atoms with Crippen molar-refractivity contribution >= 4 is 47.2 Å². The highest BCUT2D eigenvalue weighted by atomic mass is 127. The van der Waals surface area contributed by atoms with Crippen LogP contribution in [-0.2, 0) is 0 Å². The molecule has 0 bridgehead atoms. The lowest BCUT2D eigenvalue weighted by Gasteiger charge is -2.16. The molecule has 0 atom stereocenters. The topological polar surface area (TPSA) is 70.7 Å². The van der Waals surface area contributed by atoms with Gasteiger partial charge in [-0.15, -0.1) is 35.3 Å². The maximum absolute atomic E-state index is 11.6. The third kappa shape index (κ3) is 5.28. The molecule has 1 fully saturated rings. The van der Waals surface area contributed by atoms with Crippen LogP contribution in [-0.4, -0.2) is 42.9 Å². The Bertz CT molecular complexity index is 445. The van der Waals surface area contributed by atoms with Crippen molar-refractivity contribution < 1.29 is 4.79 Å². The van der Waals surface area contributed by atoms with Gasteiger partial charge in [-0.2, -0.15) is 0 Å². The smallest absolute Gasteiger partial charge is 0.261 e. The van der Waals surface area contributed by atoms with Crippen LogP contribution >= 0.6 is 35.3 Å². The molecule has 0 unspecified atom stereocenters. The first kappa shape index (κ1) is 17.2. The molecule has 2 rings (SSSR count). The SMILES string of the molecule is CN(C(N)=NCCCNC(=O)c1cccs1)C1CC1.I. The molecule has 1 saturated carbocycles. The number of hydrogen-bond acceptors (Lipinski definition) is 3. The second-order valence-electron chi connectivity index (χ2n) is 4.67. The molecule has 0 aliphatic heterocycles. The molecule has 7 heteroatoms. The zero-order valence-corrected chi connectivity index (χ0v) is 14.7. The van der Waals surface area contributed by atoms with E-state index in [1.165, 1.54) is 24.2 Å². The fourth-order valence-electron chi connectivity index (χ4n) is 1.73. The summed E-state index contributed by atoms with van der Waals surface area (Å²) in [6, 6.07) is 4.28. The Morgan fingerprint density at radius 2 is 2.35 bits per heavy atom. The summed E-state index contributed by atoms with van der Waals surface area (Å²) in [7, 11) is 1.98. The molecule has 1 heterocycles. The van der Waals surface area contributed by atoms with E-state index in [0.717, 1.165) is 11.3 Å². The maximum atomic E-state index is 11.6. The number of nitrogens with zero attached hydrogens (tertiary/aromatic N) is 2. The Kier molecular flexibility index (Phi) is 7.28. The summed E-state index contributed by atoms with van der Waals surface area (Å²) < 4.78 is 0. The van der Waals surface area contributed by atoms with Gasteiger partial charge in [-0.1, -0.05) is 6.07 Å². The third-order valence-electron chi connectivity index (χ3n) is 3.10. The van der Waals surface area contributed by atoms with E-state index in [1.54, 1.807) is 0 Å². The maximum Gasteiger partial charge on any atom is 0.261 e. The van der Waals surface area contributed by atoms with Crippen molar-refractivity contribution in [2.75, 3.05) is 20.1 Å². The van der Waals surface area contributed by atoms with Gasteiger partial charge in [-0.05, 0) is 30.7 Å². The van der Waals surface area contributed by atoms with E-state index in [4.69, 9.17) is 5.73 Å². The van der Waals surface area contributed by atoms with E-state index >= 15 is 0 Å². The Labute approximate surface area is 140 Å². The van der Waals surface area contributed by atoms with E-state index in [2.05, 4.69) is 10.3 Å². The number of hydrogen-bond donors (Lipinski definition) is 2. The fourth-order valence-corrected chi connectivity index (χ4v) is 2.37. The number of thiophene rings is 1. The van der Waals surface area contributed by atoms with Gasteiger partial charge >= 0.3 is 0 Å². The summed E-state index contributed by atoms with van der Waals surface area (Å²) in [6.45, 7) is 1.27. The lowest BCUT2D eigenvalue weighted by molar-refractivity contribution is 0.0957. The van der Waals surface area contributed by atoms with Crippen LogP contribution in [0.1, 0.15) is 28.9 Å². The molecule has 0 radical (unpaired) electrons. The molecule has 1 aliphatic carbocycles. The van der Waals surface area contributed by atoms with Gasteiger partial charge in [0.15, 0.2) is 5.96 Å². The minimum absolute atomic E-state index is 0. The number of guanidine groups is 1. The van der Waals surface area contributed by atoms with Gasteiger partial charge in [0.2, 0.25) is 0 Å². The van der Waals surface area contributed by atoms with Crippen molar-refractivity contribution in [2.24, 2.45) is 10.7 Å². The van der Waals surface area contributed by atoms with Gasteiger partial charge in [0.25, 0.3) is 5.91 Å². The monoisotopic (exact) mass is 408 g/mol. The highest BCUT2D eigenvalue weighted by Gasteiger charge is 2.27. The Balaban J connectivity index is 0.00000200. The van der Waals surface area contributed by atoms with Gasteiger partial charge in [-0.25, -0.2) is 0 Å². The molecule has 1 aromatic heterocycles. The van der Waals surface area contributed by atoms with Crippen molar-refractivity contribution in [2.45, 2.75) is 25.3 Å². The van der Waals surface area contributed by atoms with Crippen molar-refractivity contribution in [3.05, 3.63) is 22.4 Å². The number of carbonyl (C=O) groups is 1. The predicted molar refractivity (Wildman–Crippen MR) is 94.0 cm³/mol. The van der Waals surface area contributed by atoms with Crippen molar-refractivity contribution in [1.29, 1.82) is 0 Å². The molecular weight excluding hydrogens is 387 g/mol. The molecule has 0 spiro atoms. The van der Waals surface area contributed by atoms with Crippen LogP contribution in [0.5, 0.6) is 0 Å². The largest absolute Gasteiger partial charge is 0.370 e. The van der Waals surface area contributed by atoms with Gasteiger partial charge in [0, 0.05) is 26.2 Å². The van der Waals surface area contributed by atoms with E-state index in [-0.39, 0.29) is 29.9 Å². The molecule has 0 aromatic carbocycles. The second-order valence-corrected chi connectivity index (χ2v) is 5.62. The summed E-state index contributed by atoms with van der Waals surface area (Å²) >= 11 is 1.45. The summed E-state index contributed by atoms with van der Waals surface area (Å²) in [5.41, 5.74) is 5.87. The highest BCUT2D eigenvalue weighted by molar-refractivity contribution is 14.0. The van der Waals surface area contributed by atoms with Crippen LogP contribution in [0.4, 0.5) is 0 Å².